The number of aromatic nitrogens is 2. The third kappa shape index (κ3) is 2.60. The van der Waals surface area contributed by atoms with Gasteiger partial charge in [0.25, 0.3) is 0 Å². The van der Waals surface area contributed by atoms with Gasteiger partial charge in [-0.25, -0.2) is 0 Å². The van der Waals surface area contributed by atoms with Crippen LogP contribution in [0.2, 0.25) is 0 Å². The molecule has 0 radical (unpaired) electrons. The summed E-state index contributed by atoms with van der Waals surface area (Å²) in [4.78, 5) is 13.5. The Kier molecular flexibility index (Phi) is 4.37. The molecule has 0 N–H and O–H groups in total. The van der Waals surface area contributed by atoms with E-state index < -0.39 is 0 Å². The van der Waals surface area contributed by atoms with Gasteiger partial charge in [-0.2, -0.15) is 5.10 Å². The molecule has 0 aliphatic heterocycles. The van der Waals surface area contributed by atoms with Gasteiger partial charge in [0.05, 0.1) is 6.20 Å². The summed E-state index contributed by atoms with van der Waals surface area (Å²) in [6.45, 7) is 7.88. The molecule has 0 amide bonds. The van der Waals surface area contributed by atoms with E-state index in [0.717, 1.165) is 48.3 Å². The van der Waals surface area contributed by atoms with Gasteiger partial charge in [0.1, 0.15) is 0 Å². The highest BCUT2D eigenvalue weighted by atomic mass is 16.1. The summed E-state index contributed by atoms with van der Waals surface area (Å²) in [5.74, 6) is 3.55. The van der Waals surface area contributed by atoms with Crippen LogP contribution in [-0.2, 0) is 11.3 Å². The molecule has 0 unspecified atom stereocenters. The standard InChI is InChI=1S/C25H36N2O/c1-4-27-16-17(15-26-27)13-18-14-22-20-9-8-19-7-5-6-11-24(19,2)21(20)10-12-25(22,3)23(18)28/h13,15-16,19-22H,4-12,14H2,1-3H3/b18-13+/t19-,20+,21-,22-,24-,25-/m0/s1. The van der Waals surface area contributed by atoms with Crippen molar-refractivity contribution in [2.24, 2.45) is 34.5 Å². The van der Waals surface area contributed by atoms with Gasteiger partial charge in [0, 0.05) is 23.7 Å². The van der Waals surface area contributed by atoms with Crippen molar-refractivity contribution >= 4 is 11.9 Å². The zero-order valence-corrected chi connectivity index (χ0v) is 17.9. The molecule has 0 spiro atoms. The van der Waals surface area contributed by atoms with Gasteiger partial charge < -0.3 is 0 Å². The highest BCUT2D eigenvalue weighted by Crippen LogP contribution is 2.66. The van der Waals surface area contributed by atoms with Crippen molar-refractivity contribution in [3.63, 3.8) is 0 Å². The zero-order chi connectivity index (χ0) is 19.5. The molecule has 3 nitrogen and oxygen atoms in total. The zero-order valence-electron chi connectivity index (χ0n) is 17.9. The van der Waals surface area contributed by atoms with Gasteiger partial charge in [-0.3, -0.25) is 9.48 Å². The van der Waals surface area contributed by atoms with E-state index in [1.165, 1.54) is 44.9 Å². The molecule has 0 bridgehead atoms. The fourth-order valence-electron chi connectivity index (χ4n) is 7.92. The number of allylic oxidation sites excluding steroid dienone is 1. The Morgan fingerprint density at radius 2 is 2.00 bits per heavy atom. The fourth-order valence-corrected chi connectivity index (χ4v) is 7.92. The first-order valence-electron chi connectivity index (χ1n) is 11.7. The molecule has 0 aromatic carbocycles. The van der Waals surface area contributed by atoms with Crippen LogP contribution in [0.5, 0.6) is 0 Å². The van der Waals surface area contributed by atoms with Crippen LogP contribution >= 0.6 is 0 Å². The van der Waals surface area contributed by atoms with Crippen molar-refractivity contribution in [1.29, 1.82) is 0 Å². The first kappa shape index (κ1) is 18.6. The third-order valence-corrected chi connectivity index (χ3v) is 9.54. The summed E-state index contributed by atoms with van der Waals surface area (Å²) in [5, 5.41) is 4.39. The number of Topliss-reactive ketones (excluding diaryl/α,β-unsaturated/α-hetero) is 1. The van der Waals surface area contributed by atoms with Crippen molar-refractivity contribution in [3.05, 3.63) is 23.5 Å². The Bertz CT molecular complexity index is 807. The summed E-state index contributed by atoms with van der Waals surface area (Å²) in [6.07, 6.45) is 18.0. The van der Waals surface area contributed by atoms with Gasteiger partial charge in [-0.05, 0) is 92.6 Å². The van der Waals surface area contributed by atoms with Crippen molar-refractivity contribution in [2.45, 2.75) is 85.1 Å². The van der Waals surface area contributed by atoms with E-state index in [1.807, 2.05) is 10.9 Å². The predicted molar refractivity (Wildman–Crippen MR) is 113 cm³/mol. The van der Waals surface area contributed by atoms with E-state index >= 15 is 0 Å². The lowest BCUT2D eigenvalue weighted by Crippen LogP contribution is -2.52. The van der Waals surface area contributed by atoms with E-state index in [-0.39, 0.29) is 5.41 Å². The van der Waals surface area contributed by atoms with Crippen molar-refractivity contribution < 1.29 is 4.79 Å². The SMILES string of the molecule is CCn1cc(/C=C2\C[C@H]3[C@@H]4CC[C@@H]5CCCC[C@]5(C)[C@H]4CC[C@]3(C)C2=O)cn1. The van der Waals surface area contributed by atoms with Crippen molar-refractivity contribution in [3.8, 4) is 0 Å². The highest BCUT2D eigenvalue weighted by Gasteiger charge is 2.60. The number of aryl methyl sites for hydroxylation is 1. The van der Waals surface area contributed by atoms with E-state index in [9.17, 15) is 4.79 Å². The molecule has 1 heterocycles. The molecule has 1 aromatic rings. The lowest BCUT2D eigenvalue weighted by atomic mass is 9.45. The number of carbonyl (C=O) groups excluding carboxylic acids is 1. The second kappa shape index (κ2) is 6.57. The summed E-state index contributed by atoms with van der Waals surface area (Å²) in [5.41, 5.74) is 2.58. The average Bonchev–Trinajstić information content (AvgIpc) is 3.25. The molecule has 28 heavy (non-hydrogen) atoms. The van der Waals surface area contributed by atoms with Crippen LogP contribution in [0, 0.1) is 34.5 Å². The maximum absolute atomic E-state index is 13.5. The Balaban J connectivity index is 1.45. The molecule has 5 rings (SSSR count). The maximum atomic E-state index is 13.5. The molecule has 4 aliphatic carbocycles. The maximum Gasteiger partial charge on any atom is 0.165 e. The van der Waals surface area contributed by atoms with Crippen LogP contribution in [0.1, 0.15) is 84.1 Å². The number of fused-ring (bicyclic) bond motifs is 5. The van der Waals surface area contributed by atoms with Gasteiger partial charge in [0.2, 0.25) is 0 Å². The molecular weight excluding hydrogens is 344 g/mol. The smallest absolute Gasteiger partial charge is 0.165 e. The average molecular weight is 381 g/mol. The van der Waals surface area contributed by atoms with Crippen LogP contribution in [0.15, 0.2) is 18.0 Å². The third-order valence-electron chi connectivity index (χ3n) is 9.54. The number of nitrogens with zero attached hydrogens (tertiary/aromatic N) is 2. The minimum Gasteiger partial charge on any atom is -0.294 e. The summed E-state index contributed by atoms with van der Waals surface area (Å²) in [6, 6.07) is 0. The second-order valence-electron chi connectivity index (χ2n) is 10.7. The normalized spacial score (nSPS) is 44.2. The fraction of sp³-hybridized carbons (Fsp3) is 0.760. The van der Waals surface area contributed by atoms with E-state index in [0.29, 0.717) is 17.1 Å². The highest BCUT2D eigenvalue weighted by molar-refractivity contribution is 6.05. The molecule has 4 fully saturated rings. The monoisotopic (exact) mass is 380 g/mol. The molecule has 4 saturated carbocycles. The van der Waals surface area contributed by atoms with Crippen molar-refractivity contribution in [2.75, 3.05) is 0 Å². The molecule has 0 saturated heterocycles. The van der Waals surface area contributed by atoms with Crippen LogP contribution in [-0.4, -0.2) is 15.6 Å². The van der Waals surface area contributed by atoms with Gasteiger partial charge >= 0.3 is 0 Å². The lowest BCUT2D eigenvalue weighted by Gasteiger charge is -2.59. The van der Waals surface area contributed by atoms with Gasteiger partial charge in [-0.1, -0.05) is 26.7 Å². The quantitative estimate of drug-likeness (QED) is 0.599. The molecule has 4 aliphatic rings. The second-order valence-corrected chi connectivity index (χ2v) is 10.7. The van der Waals surface area contributed by atoms with Gasteiger partial charge in [-0.15, -0.1) is 0 Å². The Labute approximate surface area is 170 Å². The Morgan fingerprint density at radius 3 is 2.79 bits per heavy atom. The Morgan fingerprint density at radius 1 is 1.14 bits per heavy atom. The van der Waals surface area contributed by atoms with E-state index in [4.69, 9.17) is 0 Å². The van der Waals surface area contributed by atoms with Crippen molar-refractivity contribution in [1.82, 2.24) is 9.78 Å². The summed E-state index contributed by atoms with van der Waals surface area (Å²) < 4.78 is 1.95. The summed E-state index contributed by atoms with van der Waals surface area (Å²) >= 11 is 0. The summed E-state index contributed by atoms with van der Waals surface area (Å²) in [7, 11) is 0. The topological polar surface area (TPSA) is 34.9 Å². The van der Waals surface area contributed by atoms with Crippen LogP contribution < -0.4 is 0 Å². The Hall–Kier alpha value is -1.38. The number of carbonyl (C=O) groups is 1. The lowest BCUT2D eigenvalue weighted by molar-refractivity contribution is -0.137. The number of ketones is 1. The van der Waals surface area contributed by atoms with Crippen LogP contribution in [0.25, 0.3) is 6.08 Å². The molecule has 152 valence electrons. The predicted octanol–water partition coefficient (Wildman–Crippen LogP) is 5.90. The van der Waals surface area contributed by atoms with Crippen LogP contribution in [0.3, 0.4) is 0 Å². The number of hydrogen-bond acceptors (Lipinski definition) is 2. The van der Waals surface area contributed by atoms with Gasteiger partial charge in [0.15, 0.2) is 5.78 Å². The number of hydrogen-bond donors (Lipinski definition) is 0. The minimum absolute atomic E-state index is 0.119. The van der Waals surface area contributed by atoms with E-state index in [2.05, 4.69) is 38.1 Å². The molecule has 3 heteroatoms. The molecule has 6 atom stereocenters. The minimum atomic E-state index is -0.119. The molecular formula is C25H36N2O. The largest absolute Gasteiger partial charge is 0.294 e. The first-order valence-corrected chi connectivity index (χ1v) is 11.7. The van der Waals surface area contributed by atoms with Crippen LogP contribution in [0.4, 0.5) is 0 Å². The molecule has 1 aromatic heterocycles. The number of rotatable bonds is 2. The first-order chi connectivity index (χ1) is 13.5. The van der Waals surface area contributed by atoms with E-state index in [1.54, 1.807) is 0 Å².